The maximum Gasteiger partial charge on any atom is 0.295 e. The van der Waals surface area contributed by atoms with E-state index in [4.69, 9.17) is 14.2 Å². The Hall–Kier alpha value is -4.14. The molecule has 8 heteroatoms. The van der Waals surface area contributed by atoms with Gasteiger partial charge in [0.15, 0.2) is 0 Å². The summed E-state index contributed by atoms with van der Waals surface area (Å²) in [6, 6.07) is 21.3. The van der Waals surface area contributed by atoms with Crippen molar-refractivity contribution >= 4 is 17.4 Å². The first kappa shape index (κ1) is 28.4. The molecular formula is C33H36N2O6. The lowest BCUT2D eigenvalue weighted by Crippen LogP contribution is -2.38. The number of amides is 1. The molecule has 2 saturated heterocycles. The van der Waals surface area contributed by atoms with Gasteiger partial charge in [-0.15, -0.1) is 0 Å². The first-order valence-electron chi connectivity index (χ1n) is 14.1. The zero-order chi connectivity index (χ0) is 28.8. The van der Waals surface area contributed by atoms with Gasteiger partial charge in [-0.05, 0) is 73.9 Å². The molecule has 0 bridgehead atoms. The van der Waals surface area contributed by atoms with Crippen molar-refractivity contribution in [1.29, 1.82) is 0 Å². The Kier molecular flexibility index (Phi) is 9.01. The predicted octanol–water partition coefficient (Wildman–Crippen LogP) is 5.33. The Balaban J connectivity index is 1.51. The number of carbonyl (C=O) groups is 2. The summed E-state index contributed by atoms with van der Waals surface area (Å²) in [6.45, 7) is 8.50. The molecule has 0 saturated carbocycles. The summed E-state index contributed by atoms with van der Waals surface area (Å²) in [7, 11) is 0. The minimum atomic E-state index is -0.759. The molecule has 0 aliphatic carbocycles. The standard InChI is InChI=1S/C33H36N2O6/c1-3-40-26-13-14-28(23(2)21-26)31(36)29-30(24-9-7-12-27(22-24)41-25-10-5-4-6-11-25)35(33(38)32(29)37)16-8-15-34-17-19-39-20-18-34/h4-7,9-14,21-22,30,36H,3,8,15-20H2,1-2H3/t30-/m0/s1. The molecule has 2 aliphatic heterocycles. The first-order chi connectivity index (χ1) is 20.0. The molecule has 3 aromatic rings. The van der Waals surface area contributed by atoms with E-state index in [1.54, 1.807) is 17.0 Å². The molecule has 3 aromatic carbocycles. The molecule has 0 spiro atoms. The van der Waals surface area contributed by atoms with Gasteiger partial charge in [0.05, 0.1) is 31.4 Å². The van der Waals surface area contributed by atoms with Crippen molar-refractivity contribution in [3.63, 3.8) is 0 Å². The van der Waals surface area contributed by atoms with Gasteiger partial charge in [0.25, 0.3) is 11.7 Å². The number of hydrogen-bond acceptors (Lipinski definition) is 7. The summed E-state index contributed by atoms with van der Waals surface area (Å²) < 4.78 is 17.1. The minimum Gasteiger partial charge on any atom is -0.507 e. The Morgan fingerprint density at radius 2 is 1.68 bits per heavy atom. The number of rotatable bonds is 10. The second-order valence-corrected chi connectivity index (χ2v) is 10.2. The number of nitrogens with zero attached hydrogens (tertiary/aromatic N) is 2. The minimum absolute atomic E-state index is 0.0745. The van der Waals surface area contributed by atoms with E-state index in [2.05, 4.69) is 4.90 Å². The number of ketones is 1. The van der Waals surface area contributed by atoms with E-state index in [0.717, 1.165) is 25.2 Å². The lowest BCUT2D eigenvalue weighted by Gasteiger charge is -2.29. The van der Waals surface area contributed by atoms with E-state index < -0.39 is 17.7 Å². The molecule has 2 aliphatic rings. The molecule has 0 radical (unpaired) electrons. The van der Waals surface area contributed by atoms with Gasteiger partial charge in [-0.1, -0.05) is 30.3 Å². The number of likely N-dealkylation sites (tertiary alicyclic amines) is 1. The highest BCUT2D eigenvalue weighted by molar-refractivity contribution is 6.46. The summed E-state index contributed by atoms with van der Waals surface area (Å²) in [5.74, 6) is 0.420. The molecule has 1 N–H and O–H groups in total. The van der Waals surface area contributed by atoms with Crippen molar-refractivity contribution in [2.45, 2.75) is 26.3 Å². The van der Waals surface area contributed by atoms with Crippen LogP contribution in [0, 0.1) is 6.92 Å². The zero-order valence-electron chi connectivity index (χ0n) is 23.5. The third-order valence-corrected chi connectivity index (χ3v) is 7.43. The number of carbonyl (C=O) groups excluding carboxylic acids is 2. The molecule has 1 amide bonds. The average molecular weight is 557 g/mol. The Morgan fingerprint density at radius 1 is 0.927 bits per heavy atom. The van der Waals surface area contributed by atoms with Crippen LogP contribution in [0.25, 0.3) is 5.76 Å². The largest absolute Gasteiger partial charge is 0.507 e. The predicted molar refractivity (Wildman–Crippen MR) is 156 cm³/mol. The van der Waals surface area contributed by atoms with E-state index in [1.807, 2.05) is 74.5 Å². The fraction of sp³-hybridized carbons (Fsp3) is 0.333. The van der Waals surface area contributed by atoms with Crippen LogP contribution < -0.4 is 9.47 Å². The maximum absolute atomic E-state index is 13.5. The fourth-order valence-corrected chi connectivity index (χ4v) is 5.42. The van der Waals surface area contributed by atoms with Crippen molar-refractivity contribution in [2.75, 3.05) is 46.0 Å². The van der Waals surface area contributed by atoms with Crippen LogP contribution in [0.3, 0.4) is 0 Å². The van der Waals surface area contributed by atoms with E-state index in [-0.39, 0.29) is 11.3 Å². The average Bonchev–Trinajstić information content (AvgIpc) is 3.23. The van der Waals surface area contributed by atoms with Gasteiger partial charge in [-0.25, -0.2) is 0 Å². The SMILES string of the molecule is CCOc1ccc(C(O)=C2C(=O)C(=O)N(CCCN3CCOCC3)[C@H]2c2cccc(Oc3ccccc3)c2)c(C)c1. The molecule has 0 aromatic heterocycles. The maximum atomic E-state index is 13.5. The number of hydrogen-bond donors (Lipinski definition) is 1. The highest BCUT2D eigenvalue weighted by atomic mass is 16.5. The third-order valence-electron chi connectivity index (χ3n) is 7.43. The zero-order valence-corrected chi connectivity index (χ0v) is 23.5. The lowest BCUT2D eigenvalue weighted by atomic mass is 9.93. The second kappa shape index (κ2) is 13.0. The molecule has 8 nitrogen and oxygen atoms in total. The van der Waals surface area contributed by atoms with Gasteiger partial charge >= 0.3 is 0 Å². The number of ether oxygens (including phenoxy) is 3. The molecular weight excluding hydrogens is 520 g/mol. The van der Waals surface area contributed by atoms with Gasteiger partial charge in [0, 0.05) is 31.7 Å². The lowest BCUT2D eigenvalue weighted by molar-refractivity contribution is -0.140. The van der Waals surface area contributed by atoms with E-state index >= 15 is 0 Å². The quantitative estimate of drug-likeness (QED) is 0.205. The van der Waals surface area contributed by atoms with Crippen LogP contribution in [0.2, 0.25) is 0 Å². The van der Waals surface area contributed by atoms with Crippen LogP contribution in [0.1, 0.15) is 36.1 Å². The molecule has 214 valence electrons. The summed E-state index contributed by atoms with van der Waals surface area (Å²) in [6.07, 6.45) is 0.686. The molecule has 2 heterocycles. The van der Waals surface area contributed by atoms with Gasteiger partial charge in [0.1, 0.15) is 23.0 Å². The van der Waals surface area contributed by atoms with Crippen LogP contribution in [-0.4, -0.2) is 72.6 Å². The van der Waals surface area contributed by atoms with Crippen molar-refractivity contribution in [2.24, 2.45) is 0 Å². The number of Topliss-reactive ketones (excluding diaryl/α,β-unsaturated/α-hetero) is 1. The van der Waals surface area contributed by atoms with Gasteiger partial charge in [-0.3, -0.25) is 14.5 Å². The van der Waals surface area contributed by atoms with Crippen LogP contribution in [0.4, 0.5) is 0 Å². The van der Waals surface area contributed by atoms with E-state index in [1.165, 1.54) is 0 Å². The Morgan fingerprint density at radius 3 is 2.41 bits per heavy atom. The normalized spacial score (nSPS) is 19.0. The molecule has 5 rings (SSSR count). The first-order valence-corrected chi connectivity index (χ1v) is 14.1. The van der Waals surface area contributed by atoms with Gasteiger partial charge in [0.2, 0.25) is 0 Å². The summed E-state index contributed by atoms with van der Waals surface area (Å²) in [5, 5.41) is 11.6. The molecule has 1 atom stereocenters. The number of aliphatic hydroxyl groups excluding tert-OH is 1. The Labute approximate surface area is 240 Å². The molecule has 0 unspecified atom stereocenters. The summed E-state index contributed by atoms with van der Waals surface area (Å²) in [4.78, 5) is 30.9. The van der Waals surface area contributed by atoms with Crippen LogP contribution in [0.5, 0.6) is 17.2 Å². The number of aryl methyl sites for hydroxylation is 1. The van der Waals surface area contributed by atoms with Crippen molar-refractivity contribution < 1.29 is 28.9 Å². The van der Waals surface area contributed by atoms with Crippen molar-refractivity contribution in [3.8, 4) is 17.2 Å². The van der Waals surface area contributed by atoms with E-state index in [0.29, 0.717) is 61.2 Å². The third kappa shape index (κ3) is 6.45. The van der Waals surface area contributed by atoms with E-state index in [9.17, 15) is 14.7 Å². The highest BCUT2D eigenvalue weighted by Crippen LogP contribution is 2.41. The molecule has 41 heavy (non-hydrogen) atoms. The highest BCUT2D eigenvalue weighted by Gasteiger charge is 2.46. The molecule has 2 fully saturated rings. The van der Waals surface area contributed by atoms with Crippen molar-refractivity contribution in [3.05, 3.63) is 95.1 Å². The number of aliphatic hydroxyl groups is 1. The summed E-state index contributed by atoms with van der Waals surface area (Å²) >= 11 is 0. The van der Waals surface area contributed by atoms with Crippen LogP contribution in [-0.2, 0) is 14.3 Å². The summed E-state index contributed by atoms with van der Waals surface area (Å²) in [5.41, 5.74) is 1.99. The fourth-order valence-electron chi connectivity index (χ4n) is 5.42. The number of morpholine rings is 1. The number of para-hydroxylation sites is 1. The monoisotopic (exact) mass is 556 g/mol. The second-order valence-electron chi connectivity index (χ2n) is 10.2. The van der Waals surface area contributed by atoms with Gasteiger partial charge < -0.3 is 24.2 Å². The smallest absolute Gasteiger partial charge is 0.295 e. The topological polar surface area (TPSA) is 88.5 Å². The Bertz CT molecular complexity index is 1410. The van der Waals surface area contributed by atoms with Gasteiger partial charge in [-0.2, -0.15) is 0 Å². The number of benzene rings is 3. The van der Waals surface area contributed by atoms with Crippen LogP contribution >= 0.6 is 0 Å². The van der Waals surface area contributed by atoms with Crippen LogP contribution in [0.15, 0.2) is 78.4 Å². The van der Waals surface area contributed by atoms with Crippen molar-refractivity contribution in [1.82, 2.24) is 9.80 Å².